The van der Waals surface area contributed by atoms with Gasteiger partial charge in [-0.15, -0.1) is 0 Å². The molecule has 1 unspecified atom stereocenters. The molecule has 0 amide bonds. The van der Waals surface area contributed by atoms with Gasteiger partial charge in [-0.05, 0) is 58.2 Å². The third-order valence-corrected chi connectivity index (χ3v) is 4.22. The Morgan fingerprint density at radius 2 is 2.11 bits per heavy atom. The number of aryl methyl sites for hydroxylation is 2. The summed E-state index contributed by atoms with van der Waals surface area (Å²) in [6, 6.07) is 8.11. The SMILES string of the molecule is Cc1ccc(CN(CC2CCCN2)C(C)C)c(C)c1. The van der Waals surface area contributed by atoms with Crippen molar-refractivity contribution in [3.63, 3.8) is 0 Å². The first-order valence-corrected chi connectivity index (χ1v) is 7.60. The van der Waals surface area contributed by atoms with Gasteiger partial charge >= 0.3 is 0 Å². The molecule has 2 heteroatoms. The summed E-state index contributed by atoms with van der Waals surface area (Å²) in [5.41, 5.74) is 4.25. The molecule has 0 spiro atoms. The van der Waals surface area contributed by atoms with E-state index in [4.69, 9.17) is 0 Å². The molecule has 1 aromatic rings. The van der Waals surface area contributed by atoms with E-state index in [-0.39, 0.29) is 0 Å². The highest BCUT2D eigenvalue weighted by molar-refractivity contribution is 5.30. The first kappa shape index (κ1) is 14.5. The van der Waals surface area contributed by atoms with Crippen LogP contribution in [0.3, 0.4) is 0 Å². The fourth-order valence-corrected chi connectivity index (χ4v) is 2.90. The lowest BCUT2D eigenvalue weighted by Gasteiger charge is -2.30. The maximum atomic E-state index is 3.61. The summed E-state index contributed by atoms with van der Waals surface area (Å²) in [4.78, 5) is 2.60. The van der Waals surface area contributed by atoms with Crippen molar-refractivity contribution >= 4 is 0 Å². The molecule has 1 fully saturated rings. The number of nitrogens with one attached hydrogen (secondary N) is 1. The predicted octanol–water partition coefficient (Wildman–Crippen LogP) is 3.27. The maximum absolute atomic E-state index is 3.61. The van der Waals surface area contributed by atoms with Gasteiger partial charge in [0.25, 0.3) is 0 Å². The number of benzene rings is 1. The first-order chi connectivity index (χ1) is 9.06. The van der Waals surface area contributed by atoms with Gasteiger partial charge in [-0.3, -0.25) is 4.90 Å². The van der Waals surface area contributed by atoms with Crippen LogP contribution in [-0.4, -0.2) is 30.1 Å². The molecule has 0 saturated carbocycles. The highest BCUT2D eigenvalue weighted by Crippen LogP contribution is 2.16. The van der Waals surface area contributed by atoms with Gasteiger partial charge in [-0.1, -0.05) is 23.8 Å². The van der Waals surface area contributed by atoms with Crippen molar-refractivity contribution in [2.24, 2.45) is 0 Å². The summed E-state index contributed by atoms with van der Waals surface area (Å²) in [6.07, 6.45) is 2.66. The van der Waals surface area contributed by atoms with Crippen LogP contribution < -0.4 is 5.32 Å². The topological polar surface area (TPSA) is 15.3 Å². The predicted molar refractivity (Wildman–Crippen MR) is 82.5 cm³/mol. The van der Waals surface area contributed by atoms with Crippen LogP contribution in [0.25, 0.3) is 0 Å². The summed E-state index contributed by atoms with van der Waals surface area (Å²) in [5, 5.41) is 3.61. The van der Waals surface area contributed by atoms with E-state index in [0.29, 0.717) is 12.1 Å². The van der Waals surface area contributed by atoms with Crippen molar-refractivity contribution in [1.29, 1.82) is 0 Å². The van der Waals surface area contributed by atoms with E-state index in [1.807, 2.05) is 0 Å². The van der Waals surface area contributed by atoms with Crippen LogP contribution in [-0.2, 0) is 6.54 Å². The van der Waals surface area contributed by atoms with Crippen LogP contribution in [0.5, 0.6) is 0 Å². The zero-order chi connectivity index (χ0) is 13.8. The molecule has 2 rings (SSSR count). The van der Waals surface area contributed by atoms with E-state index in [2.05, 4.69) is 56.1 Å². The number of hydrogen-bond acceptors (Lipinski definition) is 2. The molecule has 1 heterocycles. The van der Waals surface area contributed by atoms with Gasteiger partial charge in [0.1, 0.15) is 0 Å². The van der Waals surface area contributed by atoms with Crippen LogP contribution >= 0.6 is 0 Å². The Morgan fingerprint density at radius 3 is 2.68 bits per heavy atom. The van der Waals surface area contributed by atoms with Crippen molar-refractivity contribution in [3.8, 4) is 0 Å². The maximum Gasteiger partial charge on any atom is 0.0239 e. The second kappa shape index (κ2) is 6.53. The lowest BCUT2D eigenvalue weighted by molar-refractivity contribution is 0.193. The molecule has 0 aliphatic carbocycles. The Balaban J connectivity index is 2.02. The summed E-state index contributed by atoms with van der Waals surface area (Å²) >= 11 is 0. The molecule has 0 aromatic heterocycles. The van der Waals surface area contributed by atoms with E-state index in [0.717, 1.165) is 6.54 Å². The van der Waals surface area contributed by atoms with Crippen LogP contribution in [0.1, 0.15) is 43.4 Å². The Morgan fingerprint density at radius 1 is 1.32 bits per heavy atom. The van der Waals surface area contributed by atoms with E-state index in [1.54, 1.807) is 0 Å². The Hall–Kier alpha value is -0.860. The molecule has 1 aliphatic heterocycles. The molecule has 1 atom stereocenters. The van der Waals surface area contributed by atoms with Gasteiger partial charge < -0.3 is 5.32 Å². The Kier molecular flexibility index (Phi) is 5.00. The largest absolute Gasteiger partial charge is 0.313 e. The van der Waals surface area contributed by atoms with E-state index >= 15 is 0 Å². The average Bonchev–Trinajstić information content (AvgIpc) is 2.84. The lowest BCUT2D eigenvalue weighted by atomic mass is 10.0. The van der Waals surface area contributed by atoms with E-state index < -0.39 is 0 Å². The first-order valence-electron chi connectivity index (χ1n) is 7.60. The number of hydrogen-bond donors (Lipinski definition) is 1. The number of nitrogens with zero attached hydrogens (tertiary/aromatic N) is 1. The average molecular weight is 260 g/mol. The quantitative estimate of drug-likeness (QED) is 0.874. The molecule has 2 nitrogen and oxygen atoms in total. The minimum atomic E-state index is 0.600. The Bertz CT molecular complexity index is 406. The molecule has 0 bridgehead atoms. The molecule has 1 aromatic carbocycles. The highest BCUT2D eigenvalue weighted by atomic mass is 15.2. The van der Waals surface area contributed by atoms with Crippen molar-refractivity contribution in [1.82, 2.24) is 10.2 Å². The third kappa shape index (κ3) is 4.05. The van der Waals surface area contributed by atoms with Crippen molar-refractivity contribution < 1.29 is 0 Å². The third-order valence-electron chi connectivity index (χ3n) is 4.22. The fourth-order valence-electron chi connectivity index (χ4n) is 2.90. The van der Waals surface area contributed by atoms with Gasteiger partial charge in [-0.25, -0.2) is 0 Å². The van der Waals surface area contributed by atoms with E-state index in [9.17, 15) is 0 Å². The monoisotopic (exact) mass is 260 g/mol. The zero-order valence-corrected chi connectivity index (χ0v) is 12.9. The summed E-state index contributed by atoms with van der Waals surface area (Å²) in [6.45, 7) is 12.4. The van der Waals surface area contributed by atoms with Gasteiger partial charge in [0, 0.05) is 25.2 Å². The molecule has 1 aliphatic rings. The smallest absolute Gasteiger partial charge is 0.0239 e. The minimum absolute atomic E-state index is 0.600. The van der Waals surface area contributed by atoms with Crippen LogP contribution in [0.15, 0.2) is 18.2 Å². The Labute approximate surface area is 118 Å². The molecule has 19 heavy (non-hydrogen) atoms. The molecular weight excluding hydrogens is 232 g/mol. The molecule has 1 saturated heterocycles. The normalized spacial score (nSPS) is 19.6. The van der Waals surface area contributed by atoms with E-state index in [1.165, 1.54) is 42.6 Å². The van der Waals surface area contributed by atoms with Gasteiger partial charge in [0.2, 0.25) is 0 Å². The van der Waals surface area contributed by atoms with Crippen molar-refractivity contribution in [2.75, 3.05) is 13.1 Å². The highest BCUT2D eigenvalue weighted by Gasteiger charge is 2.20. The van der Waals surface area contributed by atoms with Crippen molar-refractivity contribution in [3.05, 3.63) is 34.9 Å². The van der Waals surface area contributed by atoms with Gasteiger partial charge in [0.05, 0.1) is 0 Å². The van der Waals surface area contributed by atoms with Gasteiger partial charge in [-0.2, -0.15) is 0 Å². The minimum Gasteiger partial charge on any atom is -0.313 e. The standard InChI is InChI=1S/C17H28N2/c1-13(2)19(12-17-6-5-9-18-17)11-16-8-7-14(3)10-15(16)4/h7-8,10,13,17-18H,5-6,9,11-12H2,1-4H3. The fraction of sp³-hybridized carbons (Fsp3) is 0.647. The van der Waals surface area contributed by atoms with Crippen LogP contribution in [0.4, 0.5) is 0 Å². The second-order valence-electron chi connectivity index (χ2n) is 6.25. The molecule has 0 radical (unpaired) electrons. The molecule has 106 valence electrons. The van der Waals surface area contributed by atoms with Crippen molar-refractivity contribution in [2.45, 2.75) is 59.2 Å². The zero-order valence-electron chi connectivity index (χ0n) is 12.9. The van der Waals surface area contributed by atoms with Crippen LogP contribution in [0, 0.1) is 13.8 Å². The van der Waals surface area contributed by atoms with Gasteiger partial charge in [0.15, 0.2) is 0 Å². The molecular formula is C17H28N2. The summed E-state index contributed by atoms with van der Waals surface area (Å²) in [5.74, 6) is 0. The number of rotatable bonds is 5. The summed E-state index contributed by atoms with van der Waals surface area (Å²) < 4.78 is 0. The molecule has 1 N–H and O–H groups in total. The lowest BCUT2D eigenvalue weighted by Crippen LogP contribution is -2.40. The second-order valence-corrected chi connectivity index (χ2v) is 6.25. The van der Waals surface area contributed by atoms with Crippen LogP contribution in [0.2, 0.25) is 0 Å². The summed E-state index contributed by atoms with van der Waals surface area (Å²) in [7, 11) is 0.